The molecule has 0 radical (unpaired) electrons. The number of aryl methyl sites for hydroxylation is 3. The van der Waals surface area contributed by atoms with E-state index in [1.165, 1.54) is 17.7 Å². The van der Waals surface area contributed by atoms with E-state index in [9.17, 15) is 18.0 Å². The summed E-state index contributed by atoms with van der Waals surface area (Å²) >= 11 is 0. The van der Waals surface area contributed by atoms with E-state index >= 15 is 0 Å². The van der Waals surface area contributed by atoms with E-state index < -0.39 is 6.36 Å². The number of amides is 1. The van der Waals surface area contributed by atoms with Crippen LogP contribution in [0.5, 0.6) is 5.75 Å². The van der Waals surface area contributed by atoms with Crippen molar-refractivity contribution in [3.05, 3.63) is 89.0 Å². The molecule has 0 aliphatic heterocycles. The van der Waals surface area contributed by atoms with Crippen molar-refractivity contribution < 1.29 is 22.7 Å². The van der Waals surface area contributed by atoms with Crippen molar-refractivity contribution >= 4 is 5.91 Å². The molecule has 168 valence electrons. The molecule has 0 atom stereocenters. The lowest BCUT2D eigenvalue weighted by atomic mass is 9.95. The third kappa shape index (κ3) is 6.61. The molecule has 3 aromatic carbocycles. The largest absolute Gasteiger partial charge is 0.573 e. The molecule has 6 heteroatoms. The van der Waals surface area contributed by atoms with Crippen LogP contribution in [-0.2, 0) is 12.8 Å². The van der Waals surface area contributed by atoms with Crippen molar-refractivity contribution in [3.63, 3.8) is 0 Å². The van der Waals surface area contributed by atoms with Gasteiger partial charge in [0.25, 0.3) is 5.91 Å². The number of carbonyl (C=O) groups excluding carboxylic acids is 1. The summed E-state index contributed by atoms with van der Waals surface area (Å²) < 4.78 is 41.0. The lowest BCUT2D eigenvalue weighted by Gasteiger charge is -2.12. The number of carbonyl (C=O) groups is 1. The molecule has 0 unspecified atom stereocenters. The van der Waals surface area contributed by atoms with Crippen LogP contribution in [0.1, 0.15) is 40.9 Å². The highest BCUT2D eigenvalue weighted by molar-refractivity contribution is 5.94. The number of hydrogen-bond acceptors (Lipinski definition) is 2. The number of rotatable bonds is 7. The zero-order valence-electron chi connectivity index (χ0n) is 18.3. The first-order valence-corrected chi connectivity index (χ1v) is 10.5. The number of benzene rings is 3. The zero-order chi connectivity index (χ0) is 23.3. The Hall–Kier alpha value is -3.28. The van der Waals surface area contributed by atoms with Crippen LogP contribution in [0.15, 0.2) is 66.7 Å². The second-order valence-electron chi connectivity index (χ2n) is 8.04. The molecule has 3 nitrogen and oxygen atoms in total. The lowest BCUT2D eigenvalue weighted by Crippen LogP contribution is -2.29. The van der Waals surface area contributed by atoms with Crippen LogP contribution in [0.3, 0.4) is 0 Å². The van der Waals surface area contributed by atoms with Crippen LogP contribution < -0.4 is 10.1 Å². The summed E-state index contributed by atoms with van der Waals surface area (Å²) in [6.07, 6.45) is -3.07. The standard InChI is InChI=1S/C26H26F3NO2/c1-17(2)30-25(31)21-9-5-19(6-10-21)7-11-22-16-23(8-4-18(22)3)20-12-14-24(15-13-20)32-26(27,28)29/h4-6,8-10,12-17H,7,11H2,1-3H3,(H,30,31). The van der Waals surface area contributed by atoms with E-state index in [4.69, 9.17) is 0 Å². The molecule has 0 heterocycles. The number of ether oxygens (including phenoxy) is 1. The molecule has 0 fully saturated rings. The van der Waals surface area contributed by atoms with Crippen molar-refractivity contribution in [1.82, 2.24) is 5.32 Å². The fraction of sp³-hybridized carbons (Fsp3) is 0.269. The minimum Gasteiger partial charge on any atom is -0.406 e. The summed E-state index contributed by atoms with van der Waals surface area (Å²) in [7, 11) is 0. The molecular weight excluding hydrogens is 415 g/mol. The SMILES string of the molecule is Cc1ccc(-c2ccc(OC(F)(F)F)cc2)cc1CCc1ccc(C(=O)NC(C)C)cc1. The van der Waals surface area contributed by atoms with E-state index in [1.54, 1.807) is 12.1 Å². The topological polar surface area (TPSA) is 38.3 Å². The molecular formula is C26H26F3NO2. The highest BCUT2D eigenvalue weighted by Gasteiger charge is 2.30. The second-order valence-corrected chi connectivity index (χ2v) is 8.04. The summed E-state index contributed by atoms with van der Waals surface area (Å²) in [5.41, 5.74) is 5.84. The summed E-state index contributed by atoms with van der Waals surface area (Å²) in [6.45, 7) is 5.89. The van der Waals surface area contributed by atoms with E-state index in [0.29, 0.717) is 5.56 Å². The predicted molar refractivity (Wildman–Crippen MR) is 120 cm³/mol. The van der Waals surface area contributed by atoms with Crippen molar-refractivity contribution in [2.45, 2.75) is 46.0 Å². The molecule has 1 amide bonds. The molecule has 0 aromatic heterocycles. The number of alkyl halides is 3. The molecule has 0 saturated heterocycles. The van der Waals surface area contributed by atoms with Crippen LogP contribution in [0.4, 0.5) is 13.2 Å². The minimum absolute atomic E-state index is 0.0817. The van der Waals surface area contributed by atoms with Gasteiger partial charge < -0.3 is 10.1 Å². The van der Waals surface area contributed by atoms with Gasteiger partial charge in [-0.05, 0) is 85.7 Å². The third-order valence-corrected chi connectivity index (χ3v) is 5.09. The molecule has 1 N–H and O–H groups in total. The maximum absolute atomic E-state index is 12.4. The predicted octanol–water partition coefficient (Wildman–Crippen LogP) is 6.48. The molecule has 0 spiro atoms. The number of hydrogen-bond donors (Lipinski definition) is 1. The third-order valence-electron chi connectivity index (χ3n) is 5.09. The summed E-state index contributed by atoms with van der Waals surface area (Å²) in [4.78, 5) is 12.1. The van der Waals surface area contributed by atoms with Crippen molar-refractivity contribution in [1.29, 1.82) is 0 Å². The van der Waals surface area contributed by atoms with Gasteiger partial charge >= 0.3 is 6.36 Å². The van der Waals surface area contributed by atoms with Gasteiger partial charge in [-0.3, -0.25) is 4.79 Å². The highest BCUT2D eigenvalue weighted by atomic mass is 19.4. The average molecular weight is 441 g/mol. The van der Waals surface area contributed by atoms with Gasteiger partial charge in [-0.25, -0.2) is 0 Å². The second kappa shape index (κ2) is 9.90. The quantitative estimate of drug-likeness (QED) is 0.455. The van der Waals surface area contributed by atoms with Gasteiger partial charge in [-0.1, -0.05) is 42.5 Å². The highest BCUT2D eigenvalue weighted by Crippen LogP contribution is 2.28. The van der Waals surface area contributed by atoms with Crippen LogP contribution in [0.2, 0.25) is 0 Å². The Morgan fingerprint density at radius 3 is 2.12 bits per heavy atom. The lowest BCUT2D eigenvalue weighted by molar-refractivity contribution is -0.274. The first-order chi connectivity index (χ1) is 15.1. The fourth-order valence-corrected chi connectivity index (χ4v) is 3.42. The van der Waals surface area contributed by atoms with Crippen LogP contribution >= 0.6 is 0 Å². The van der Waals surface area contributed by atoms with Gasteiger partial charge in [-0.2, -0.15) is 0 Å². The van der Waals surface area contributed by atoms with Crippen LogP contribution in [0.25, 0.3) is 11.1 Å². The fourth-order valence-electron chi connectivity index (χ4n) is 3.42. The van der Waals surface area contributed by atoms with Crippen molar-refractivity contribution in [3.8, 4) is 16.9 Å². The summed E-state index contributed by atoms with van der Waals surface area (Å²) in [6, 6.07) is 19.6. The zero-order valence-corrected chi connectivity index (χ0v) is 18.3. The van der Waals surface area contributed by atoms with E-state index in [1.807, 2.05) is 57.2 Å². The number of nitrogens with one attached hydrogen (secondary N) is 1. The van der Waals surface area contributed by atoms with Gasteiger partial charge in [0.1, 0.15) is 5.75 Å². The maximum atomic E-state index is 12.4. The van der Waals surface area contributed by atoms with Gasteiger partial charge in [-0.15, -0.1) is 13.2 Å². The van der Waals surface area contributed by atoms with E-state index in [-0.39, 0.29) is 17.7 Å². The summed E-state index contributed by atoms with van der Waals surface area (Å²) in [5.74, 6) is -0.319. The maximum Gasteiger partial charge on any atom is 0.573 e. The Morgan fingerprint density at radius 2 is 1.53 bits per heavy atom. The molecule has 3 rings (SSSR count). The van der Waals surface area contributed by atoms with Crippen molar-refractivity contribution in [2.24, 2.45) is 0 Å². The molecule has 0 saturated carbocycles. The normalized spacial score (nSPS) is 11.5. The molecule has 3 aromatic rings. The number of halogens is 3. The molecule has 0 aliphatic rings. The first-order valence-electron chi connectivity index (χ1n) is 10.5. The Bertz CT molecular complexity index is 1060. The van der Waals surface area contributed by atoms with Gasteiger partial charge in [0.05, 0.1) is 0 Å². The van der Waals surface area contributed by atoms with E-state index in [2.05, 4.69) is 16.1 Å². The van der Waals surface area contributed by atoms with Crippen LogP contribution in [0, 0.1) is 6.92 Å². The average Bonchev–Trinajstić information content (AvgIpc) is 2.72. The summed E-state index contributed by atoms with van der Waals surface area (Å²) in [5, 5.41) is 2.88. The van der Waals surface area contributed by atoms with Gasteiger partial charge in [0.15, 0.2) is 0 Å². The minimum atomic E-state index is -4.70. The monoisotopic (exact) mass is 441 g/mol. The Labute approximate surface area is 186 Å². The first kappa shape index (κ1) is 23.4. The Kier molecular flexibility index (Phi) is 7.23. The molecule has 0 aliphatic carbocycles. The molecule has 32 heavy (non-hydrogen) atoms. The van der Waals surface area contributed by atoms with Gasteiger partial charge in [0.2, 0.25) is 0 Å². The molecule has 0 bridgehead atoms. The van der Waals surface area contributed by atoms with E-state index in [0.717, 1.165) is 35.1 Å². The smallest absolute Gasteiger partial charge is 0.406 e. The van der Waals surface area contributed by atoms with Crippen molar-refractivity contribution in [2.75, 3.05) is 0 Å². The van der Waals surface area contributed by atoms with Gasteiger partial charge in [0, 0.05) is 11.6 Å². The Balaban J connectivity index is 1.68. The Morgan fingerprint density at radius 1 is 0.906 bits per heavy atom. The van der Waals surface area contributed by atoms with Crippen LogP contribution in [-0.4, -0.2) is 18.3 Å².